The SMILES string of the molecule is C/C=C/C.CC(C)C.CCC(C)(C)[C@@H](C)OC.CCCC. The molecule has 0 aliphatic heterocycles. The molecule has 0 aromatic rings. The van der Waals surface area contributed by atoms with Gasteiger partial charge in [-0.3, -0.25) is 0 Å². The summed E-state index contributed by atoms with van der Waals surface area (Å²) in [6.07, 6.45) is 8.17. The second-order valence-electron chi connectivity index (χ2n) is 6.62. The molecule has 1 atom stereocenters. The highest BCUT2D eigenvalue weighted by molar-refractivity contribution is 4.73. The van der Waals surface area contributed by atoms with E-state index in [-0.39, 0.29) is 0 Å². The first-order valence-electron chi connectivity index (χ1n) is 8.70. The Hall–Kier alpha value is -0.300. The molecule has 132 valence electrons. The fourth-order valence-corrected chi connectivity index (χ4v) is 0.606. The summed E-state index contributed by atoms with van der Waals surface area (Å²) in [6.45, 7) is 23.6. The maximum atomic E-state index is 5.21. The van der Waals surface area contributed by atoms with Crippen LogP contribution in [-0.2, 0) is 4.74 Å². The van der Waals surface area contributed by atoms with Crippen molar-refractivity contribution in [1.29, 1.82) is 0 Å². The van der Waals surface area contributed by atoms with Gasteiger partial charge in [0.05, 0.1) is 6.10 Å². The average Bonchev–Trinajstić information content (AvgIpc) is 2.46. The topological polar surface area (TPSA) is 9.23 Å². The Kier molecular flexibility index (Phi) is 30.2. The number of unbranched alkanes of at least 4 members (excludes halogenated alkanes) is 1. The zero-order valence-corrected chi connectivity index (χ0v) is 17.3. The number of hydrogen-bond donors (Lipinski definition) is 0. The van der Waals surface area contributed by atoms with Crippen molar-refractivity contribution in [2.75, 3.05) is 7.11 Å². The maximum absolute atomic E-state index is 5.21. The van der Waals surface area contributed by atoms with Crippen LogP contribution in [0.1, 0.15) is 95.4 Å². The third-order valence-corrected chi connectivity index (χ3v) is 3.20. The van der Waals surface area contributed by atoms with Gasteiger partial charge >= 0.3 is 0 Å². The van der Waals surface area contributed by atoms with E-state index in [1.54, 1.807) is 7.11 Å². The van der Waals surface area contributed by atoms with Gasteiger partial charge in [-0.25, -0.2) is 0 Å². The fraction of sp³-hybridized carbons (Fsp3) is 0.900. The van der Waals surface area contributed by atoms with Gasteiger partial charge in [0.1, 0.15) is 0 Å². The van der Waals surface area contributed by atoms with Gasteiger partial charge < -0.3 is 4.74 Å². The first-order chi connectivity index (χ1) is 9.60. The van der Waals surface area contributed by atoms with Crippen molar-refractivity contribution >= 4 is 0 Å². The van der Waals surface area contributed by atoms with Crippen molar-refractivity contribution < 1.29 is 4.74 Å². The molecule has 0 unspecified atom stereocenters. The van der Waals surface area contributed by atoms with Gasteiger partial charge in [-0.15, -0.1) is 0 Å². The molecule has 0 N–H and O–H groups in total. The third-order valence-electron chi connectivity index (χ3n) is 3.20. The molecule has 0 aliphatic carbocycles. The minimum Gasteiger partial charge on any atom is -0.381 e. The summed E-state index contributed by atoms with van der Waals surface area (Å²) in [5, 5.41) is 0. The Bertz CT molecular complexity index is 172. The van der Waals surface area contributed by atoms with Crippen LogP contribution in [0.2, 0.25) is 0 Å². The standard InChI is InChI=1S/C8H18O.2C4H10.C4H8/c1-6-8(3,4)7(2)9-5;1-4(2)3;2*1-3-4-2/h7H,6H2,1-5H3;4H,1-3H3;3-4H2,1-2H3;3-4H,1-2H3/b;;;4-3+/t7-;;;/m1.../s1. The molecule has 0 bridgehead atoms. The minimum atomic E-state index is 0.328. The van der Waals surface area contributed by atoms with Crippen molar-refractivity contribution in [1.82, 2.24) is 0 Å². The second-order valence-corrected chi connectivity index (χ2v) is 6.62. The predicted octanol–water partition coefficient (Wildman–Crippen LogP) is 7.51. The number of allylic oxidation sites excluding steroid dienone is 2. The average molecular weight is 303 g/mol. The third kappa shape index (κ3) is 38.3. The normalized spacial score (nSPS) is 11.7. The van der Waals surface area contributed by atoms with E-state index in [4.69, 9.17) is 4.74 Å². The first-order valence-corrected chi connectivity index (χ1v) is 8.70. The largest absolute Gasteiger partial charge is 0.381 e. The van der Waals surface area contributed by atoms with Crippen LogP contribution < -0.4 is 0 Å². The van der Waals surface area contributed by atoms with E-state index in [0.717, 1.165) is 5.92 Å². The van der Waals surface area contributed by atoms with E-state index < -0.39 is 0 Å². The molecule has 1 nitrogen and oxygen atoms in total. The van der Waals surface area contributed by atoms with Crippen LogP contribution in [0.15, 0.2) is 12.2 Å². The number of ether oxygens (including phenoxy) is 1. The molecule has 0 aromatic heterocycles. The highest BCUT2D eigenvalue weighted by Crippen LogP contribution is 2.25. The zero-order valence-electron chi connectivity index (χ0n) is 17.3. The summed E-state index contributed by atoms with van der Waals surface area (Å²) in [5.74, 6) is 0.833. The molecule has 0 saturated carbocycles. The van der Waals surface area contributed by atoms with Crippen molar-refractivity contribution in [3.8, 4) is 0 Å². The van der Waals surface area contributed by atoms with Gasteiger partial charge in [-0.05, 0) is 38.5 Å². The Balaban J connectivity index is -0.000000102. The van der Waals surface area contributed by atoms with E-state index in [0.29, 0.717) is 11.5 Å². The van der Waals surface area contributed by atoms with Gasteiger partial charge in [0.2, 0.25) is 0 Å². The molecule has 0 spiro atoms. The van der Waals surface area contributed by atoms with Crippen molar-refractivity contribution in [2.45, 2.75) is 102 Å². The molecular weight excluding hydrogens is 256 g/mol. The van der Waals surface area contributed by atoms with Crippen molar-refractivity contribution in [2.24, 2.45) is 11.3 Å². The molecule has 0 amide bonds. The molecule has 0 fully saturated rings. The van der Waals surface area contributed by atoms with E-state index in [1.807, 2.05) is 26.0 Å². The van der Waals surface area contributed by atoms with Crippen molar-refractivity contribution in [3.63, 3.8) is 0 Å². The molecule has 0 saturated heterocycles. The Morgan fingerprint density at radius 1 is 0.857 bits per heavy atom. The van der Waals surface area contributed by atoms with Crippen LogP contribution in [0.3, 0.4) is 0 Å². The van der Waals surface area contributed by atoms with Crippen LogP contribution in [0, 0.1) is 11.3 Å². The van der Waals surface area contributed by atoms with Crippen LogP contribution in [-0.4, -0.2) is 13.2 Å². The lowest BCUT2D eigenvalue weighted by atomic mass is 9.85. The Morgan fingerprint density at radius 2 is 1.14 bits per heavy atom. The fourth-order valence-electron chi connectivity index (χ4n) is 0.606. The maximum Gasteiger partial charge on any atom is 0.0594 e. The van der Waals surface area contributed by atoms with Crippen LogP contribution in [0.25, 0.3) is 0 Å². The van der Waals surface area contributed by atoms with E-state index in [1.165, 1.54) is 19.3 Å². The lowest BCUT2D eigenvalue weighted by molar-refractivity contribution is 0.0189. The van der Waals surface area contributed by atoms with Crippen LogP contribution in [0.5, 0.6) is 0 Å². The molecule has 21 heavy (non-hydrogen) atoms. The summed E-state index contributed by atoms with van der Waals surface area (Å²) >= 11 is 0. The van der Waals surface area contributed by atoms with Crippen LogP contribution >= 0.6 is 0 Å². The van der Waals surface area contributed by atoms with Gasteiger partial charge in [0.25, 0.3) is 0 Å². The quantitative estimate of drug-likeness (QED) is 0.488. The molecule has 0 radical (unpaired) electrons. The predicted molar refractivity (Wildman–Crippen MR) is 102 cm³/mol. The summed E-state index contributed by atoms with van der Waals surface area (Å²) in [4.78, 5) is 0. The van der Waals surface area contributed by atoms with Gasteiger partial charge in [0, 0.05) is 7.11 Å². The van der Waals surface area contributed by atoms with Gasteiger partial charge in [-0.1, -0.05) is 80.4 Å². The zero-order chi connectivity index (χ0) is 17.9. The molecule has 0 heterocycles. The number of rotatable bonds is 4. The molecule has 0 rings (SSSR count). The summed E-state index contributed by atoms with van der Waals surface area (Å²) < 4.78 is 5.21. The van der Waals surface area contributed by atoms with Gasteiger partial charge in [0.15, 0.2) is 0 Å². The van der Waals surface area contributed by atoms with Gasteiger partial charge in [-0.2, -0.15) is 0 Å². The minimum absolute atomic E-state index is 0.328. The lowest BCUT2D eigenvalue weighted by Crippen LogP contribution is -2.27. The summed E-state index contributed by atoms with van der Waals surface area (Å²) in [6, 6.07) is 0. The smallest absolute Gasteiger partial charge is 0.0594 e. The summed E-state index contributed by atoms with van der Waals surface area (Å²) in [5.41, 5.74) is 0.328. The summed E-state index contributed by atoms with van der Waals surface area (Å²) in [7, 11) is 1.77. The second kappa shape index (κ2) is 22.0. The Labute approximate surface area is 137 Å². The monoisotopic (exact) mass is 302 g/mol. The number of methoxy groups -OCH3 is 1. The lowest BCUT2D eigenvalue weighted by Gasteiger charge is -2.28. The molecule has 1 heteroatoms. The van der Waals surface area contributed by atoms with Crippen LogP contribution in [0.4, 0.5) is 0 Å². The van der Waals surface area contributed by atoms with E-state index in [2.05, 4.69) is 62.3 Å². The Morgan fingerprint density at radius 3 is 1.19 bits per heavy atom. The number of hydrogen-bond acceptors (Lipinski definition) is 1. The van der Waals surface area contributed by atoms with Crippen molar-refractivity contribution in [3.05, 3.63) is 12.2 Å². The van der Waals surface area contributed by atoms with E-state index >= 15 is 0 Å². The highest BCUT2D eigenvalue weighted by Gasteiger charge is 2.22. The highest BCUT2D eigenvalue weighted by atomic mass is 16.5. The van der Waals surface area contributed by atoms with E-state index in [9.17, 15) is 0 Å². The first kappa shape index (κ1) is 28.8. The molecular formula is C20H46O. The molecule has 0 aromatic carbocycles. The molecule has 0 aliphatic rings.